The number of nitrogens with one attached hydrogen (secondary N) is 3. The number of benzene rings is 2. The summed E-state index contributed by atoms with van der Waals surface area (Å²) < 4.78 is 12.3. The number of aromatic nitrogens is 3. The molecule has 9 heteroatoms. The molecule has 2 aromatic carbocycles. The van der Waals surface area contributed by atoms with Crippen LogP contribution in [0.15, 0.2) is 65.3 Å². The molecule has 0 unspecified atom stereocenters. The average molecular weight is 536 g/mol. The molecule has 5 rings (SSSR count). The maximum atomic E-state index is 12.7. The molecule has 0 bridgehead atoms. The summed E-state index contributed by atoms with van der Waals surface area (Å²) in [6.07, 6.45) is 4.53. The van der Waals surface area contributed by atoms with Gasteiger partial charge in [-0.25, -0.2) is 4.98 Å². The molecule has 4 aromatic rings. The predicted molar refractivity (Wildman–Crippen MR) is 138 cm³/mol. The number of carbonyl (C=O) groups excluding carboxylic acids is 1. The highest BCUT2D eigenvalue weighted by molar-refractivity contribution is 9.10. The van der Waals surface area contributed by atoms with Crippen molar-refractivity contribution in [2.45, 2.75) is 25.3 Å². The summed E-state index contributed by atoms with van der Waals surface area (Å²) >= 11 is 3.44. The van der Waals surface area contributed by atoms with E-state index in [0.717, 1.165) is 47.1 Å². The minimum atomic E-state index is -0.189. The standard InChI is InChI=1S/C26H26BrN5O3/c1-34-15-16-2-5-19(12-16)29-25(33)24-14-21(10-11-28-24)35-20-8-9-22-23(13-20)32-26(31-22)30-18-6-3-17(27)4-7-18/h3-4,6-11,13-14,16,19H,2,5,12,15H2,1H3,(H,29,33)(H2,30,31,32)/t16-,19+/m1/s1. The number of anilines is 2. The molecule has 1 fully saturated rings. The molecule has 0 radical (unpaired) electrons. The van der Waals surface area contributed by atoms with Crippen molar-refractivity contribution in [3.8, 4) is 11.5 Å². The molecule has 1 amide bonds. The number of amides is 1. The lowest BCUT2D eigenvalue weighted by atomic mass is 10.1. The molecular weight excluding hydrogens is 510 g/mol. The van der Waals surface area contributed by atoms with Crippen molar-refractivity contribution >= 4 is 44.5 Å². The fourth-order valence-electron chi connectivity index (χ4n) is 4.37. The number of imidazole rings is 1. The molecule has 0 aliphatic heterocycles. The number of nitrogens with zero attached hydrogens (tertiary/aromatic N) is 2. The number of rotatable bonds is 8. The van der Waals surface area contributed by atoms with Crippen molar-refractivity contribution in [1.82, 2.24) is 20.3 Å². The van der Waals surface area contributed by atoms with E-state index in [1.165, 1.54) is 0 Å². The summed E-state index contributed by atoms with van der Waals surface area (Å²) in [6.45, 7) is 0.733. The predicted octanol–water partition coefficient (Wildman–Crippen LogP) is 5.80. The highest BCUT2D eigenvalue weighted by Gasteiger charge is 2.26. The zero-order valence-corrected chi connectivity index (χ0v) is 20.8. The van der Waals surface area contributed by atoms with Crippen LogP contribution in [0.25, 0.3) is 11.0 Å². The average Bonchev–Trinajstić information content (AvgIpc) is 3.46. The van der Waals surface area contributed by atoms with Gasteiger partial charge >= 0.3 is 0 Å². The molecule has 2 heterocycles. The SMILES string of the molecule is COC[C@@H]1CC[C@H](NC(=O)c2cc(Oc3ccc4nc(Nc5ccc(Br)cc5)[nH]c4c3)ccn2)C1. The monoisotopic (exact) mass is 535 g/mol. The van der Waals surface area contributed by atoms with Crippen molar-refractivity contribution < 1.29 is 14.3 Å². The second kappa shape index (κ2) is 10.5. The third-order valence-corrected chi connectivity index (χ3v) is 6.57. The van der Waals surface area contributed by atoms with E-state index in [-0.39, 0.29) is 11.9 Å². The maximum Gasteiger partial charge on any atom is 0.270 e. The number of methoxy groups -OCH3 is 1. The van der Waals surface area contributed by atoms with E-state index in [0.29, 0.717) is 29.1 Å². The molecule has 1 saturated carbocycles. The van der Waals surface area contributed by atoms with Gasteiger partial charge in [-0.15, -0.1) is 0 Å². The molecule has 0 saturated heterocycles. The Kier molecular flexibility index (Phi) is 6.96. The van der Waals surface area contributed by atoms with Gasteiger partial charge in [0, 0.05) is 48.2 Å². The first-order chi connectivity index (χ1) is 17.1. The first-order valence-electron chi connectivity index (χ1n) is 11.5. The number of H-pyrrole nitrogens is 1. The van der Waals surface area contributed by atoms with Crippen LogP contribution in [-0.2, 0) is 4.74 Å². The van der Waals surface area contributed by atoms with Crippen LogP contribution in [0.1, 0.15) is 29.8 Å². The fraction of sp³-hybridized carbons (Fsp3) is 0.269. The molecular formula is C26H26BrN5O3. The Labute approximate surface area is 211 Å². The number of pyridine rings is 1. The zero-order chi connectivity index (χ0) is 24.2. The summed E-state index contributed by atoms with van der Waals surface area (Å²) in [5.41, 5.74) is 2.91. The Balaban J connectivity index is 1.24. The first kappa shape index (κ1) is 23.3. The van der Waals surface area contributed by atoms with Gasteiger partial charge in [0.15, 0.2) is 0 Å². The Morgan fingerprint density at radius 3 is 2.77 bits per heavy atom. The van der Waals surface area contributed by atoms with Gasteiger partial charge in [0.25, 0.3) is 5.91 Å². The van der Waals surface area contributed by atoms with Crippen molar-refractivity contribution in [2.24, 2.45) is 5.92 Å². The largest absolute Gasteiger partial charge is 0.457 e. The summed E-state index contributed by atoms with van der Waals surface area (Å²) in [4.78, 5) is 24.8. The van der Waals surface area contributed by atoms with E-state index < -0.39 is 0 Å². The van der Waals surface area contributed by atoms with Crippen molar-refractivity contribution in [1.29, 1.82) is 0 Å². The smallest absolute Gasteiger partial charge is 0.270 e. The highest BCUT2D eigenvalue weighted by Crippen LogP contribution is 2.28. The van der Waals surface area contributed by atoms with Crippen molar-refractivity contribution in [2.75, 3.05) is 19.0 Å². The van der Waals surface area contributed by atoms with Crippen LogP contribution in [0.4, 0.5) is 11.6 Å². The Morgan fingerprint density at radius 2 is 1.94 bits per heavy atom. The number of hydrogen-bond donors (Lipinski definition) is 3. The third-order valence-electron chi connectivity index (χ3n) is 6.04. The third kappa shape index (κ3) is 5.80. The number of aromatic amines is 1. The van der Waals surface area contributed by atoms with E-state index >= 15 is 0 Å². The van der Waals surface area contributed by atoms with Crippen LogP contribution >= 0.6 is 15.9 Å². The topological polar surface area (TPSA) is 101 Å². The van der Waals surface area contributed by atoms with Gasteiger partial charge in [-0.05, 0) is 67.6 Å². The molecule has 1 aliphatic rings. The molecule has 8 nitrogen and oxygen atoms in total. The molecule has 2 aromatic heterocycles. The molecule has 1 aliphatic carbocycles. The maximum absolute atomic E-state index is 12.7. The van der Waals surface area contributed by atoms with E-state index in [1.807, 2.05) is 42.5 Å². The Hall–Kier alpha value is -3.43. The second-order valence-electron chi connectivity index (χ2n) is 8.68. The lowest BCUT2D eigenvalue weighted by molar-refractivity contribution is 0.0929. The molecule has 3 N–H and O–H groups in total. The van der Waals surface area contributed by atoms with E-state index in [4.69, 9.17) is 9.47 Å². The minimum Gasteiger partial charge on any atom is -0.457 e. The number of carbonyl (C=O) groups is 1. The van der Waals surface area contributed by atoms with Crippen LogP contribution < -0.4 is 15.4 Å². The molecule has 180 valence electrons. The van der Waals surface area contributed by atoms with Gasteiger partial charge in [0.2, 0.25) is 5.95 Å². The van der Waals surface area contributed by atoms with E-state index in [2.05, 4.69) is 41.5 Å². The zero-order valence-electron chi connectivity index (χ0n) is 19.3. The van der Waals surface area contributed by atoms with Crippen LogP contribution in [0.3, 0.4) is 0 Å². The van der Waals surface area contributed by atoms with Gasteiger partial charge in [-0.3, -0.25) is 9.78 Å². The fourth-order valence-corrected chi connectivity index (χ4v) is 4.63. The van der Waals surface area contributed by atoms with Gasteiger partial charge in [0.05, 0.1) is 11.0 Å². The lowest BCUT2D eigenvalue weighted by Crippen LogP contribution is -2.33. The number of fused-ring (bicyclic) bond motifs is 1. The lowest BCUT2D eigenvalue weighted by Gasteiger charge is -2.13. The first-order valence-corrected chi connectivity index (χ1v) is 12.3. The minimum absolute atomic E-state index is 0.150. The Morgan fingerprint density at radius 1 is 1.11 bits per heavy atom. The van der Waals surface area contributed by atoms with Crippen LogP contribution in [0.2, 0.25) is 0 Å². The number of halogens is 1. The number of ether oxygens (including phenoxy) is 2. The summed E-state index contributed by atoms with van der Waals surface area (Å²) in [5.74, 6) is 2.12. The van der Waals surface area contributed by atoms with Crippen molar-refractivity contribution in [3.05, 3.63) is 71.0 Å². The summed E-state index contributed by atoms with van der Waals surface area (Å²) in [7, 11) is 1.71. The van der Waals surface area contributed by atoms with Crippen LogP contribution in [0.5, 0.6) is 11.5 Å². The van der Waals surface area contributed by atoms with E-state index in [9.17, 15) is 4.79 Å². The normalized spacial score (nSPS) is 17.4. The molecule has 0 spiro atoms. The summed E-state index contributed by atoms with van der Waals surface area (Å²) in [5, 5.41) is 6.35. The Bertz CT molecular complexity index is 1320. The van der Waals surface area contributed by atoms with E-state index in [1.54, 1.807) is 25.4 Å². The van der Waals surface area contributed by atoms with Crippen LogP contribution in [0, 0.1) is 5.92 Å². The van der Waals surface area contributed by atoms with Crippen LogP contribution in [-0.4, -0.2) is 40.6 Å². The quantitative estimate of drug-likeness (QED) is 0.263. The number of hydrogen-bond acceptors (Lipinski definition) is 6. The highest BCUT2D eigenvalue weighted by atomic mass is 79.9. The van der Waals surface area contributed by atoms with Crippen molar-refractivity contribution in [3.63, 3.8) is 0 Å². The van der Waals surface area contributed by atoms with Gasteiger partial charge < -0.3 is 25.1 Å². The molecule has 35 heavy (non-hydrogen) atoms. The van der Waals surface area contributed by atoms with Gasteiger partial charge in [-0.2, -0.15) is 0 Å². The summed E-state index contributed by atoms with van der Waals surface area (Å²) in [6, 6.07) is 17.0. The van der Waals surface area contributed by atoms with Gasteiger partial charge in [-0.1, -0.05) is 15.9 Å². The second-order valence-corrected chi connectivity index (χ2v) is 9.60. The van der Waals surface area contributed by atoms with Gasteiger partial charge in [0.1, 0.15) is 17.2 Å². The molecule has 2 atom stereocenters.